The Balaban J connectivity index is 1.79. The summed E-state index contributed by atoms with van der Waals surface area (Å²) < 4.78 is 27.1. The molecule has 1 saturated heterocycles. The molecule has 0 unspecified atom stereocenters. The molecule has 1 fully saturated rings. The summed E-state index contributed by atoms with van der Waals surface area (Å²) in [5.41, 5.74) is 0.926. The van der Waals surface area contributed by atoms with E-state index in [2.05, 4.69) is 0 Å². The van der Waals surface area contributed by atoms with E-state index in [4.69, 9.17) is 23.4 Å². The van der Waals surface area contributed by atoms with Gasteiger partial charge in [0, 0.05) is 31.7 Å². The normalized spacial score (nSPS) is 15.9. The van der Waals surface area contributed by atoms with Gasteiger partial charge in [0.2, 0.25) is 5.75 Å². The zero-order valence-corrected chi connectivity index (χ0v) is 19.8. The van der Waals surface area contributed by atoms with E-state index in [-0.39, 0.29) is 23.8 Å². The molecule has 2 heterocycles. The summed E-state index contributed by atoms with van der Waals surface area (Å²) in [6, 6.07) is 4.94. The highest BCUT2D eigenvalue weighted by molar-refractivity contribution is 5.96. The second kappa shape index (κ2) is 11.1. The zero-order chi connectivity index (χ0) is 24.0. The summed E-state index contributed by atoms with van der Waals surface area (Å²) in [4.78, 5) is 29.7. The predicted molar refractivity (Wildman–Crippen MR) is 121 cm³/mol. The van der Waals surface area contributed by atoms with Gasteiger partial charge in [0.1, 0.15) is 6.26 Å². The van der Waals surface area contributed by atoms with Crippen LogP contribution in [0.3, 0.4) is 0 Å². The highest BCUT2D eigenvalue weighted by Gasteiger charge is 2.30. The van der Waals surface area contributed by atoms with E-state index >= 15 is 0 Å². The zero-order valence-electron chi connectivity index (χ0n) is 19.8. The molecule has 9 heteroatoms. The van der Waals surface area contributed by atoms with Gasteiger partial charge in [-0.15, -0.1) is 0 Å². The van der Waals surface area contributed by atoms with E-state index in [9.17, 15) is 9.59 Å². The highest BCUT2D eigenvalue weighted by atomic mass is 16.5. The predicted octanol–water partition coefficient (Wildman–Crippen LogP) is 2.94. The lowest BCUT2D eigenvalue weighted by Crippen LogP contribution is -2.51. The highest BCUT2D eigenvalue weighted by Crippen LogP contribution is 2.38. The molecule has 1 aliphatic rings. The van der Waals surface area contributed by atoms with Gasteiger partial charge in [-0.1, -0.05) is 13.8 Å². The van der Waals surface area contributed by atoms with Crippen molar-refractivity contribution < 1.29 is 33.0 Å². The minimum atomic E-state index is -0.306. The fraction of sp³-hybridized carbons (Fsp3) is 0.500. The Bertz CT molecular complexity index is 917. The minimum Gasteiger partial charge on any atom is -0.493 e. The SMILES string of the molecule is COc1cc(C(=O)N(CC(C)C)C[C@H]2CN(C(=O)c3ccoc3)CCO2)cc(OC)c1OC. The van der Waals surface area contributed by atoms with E-state index in [1.807, 2.05) is 13.8 Å². The summed E-state index contributed by atoms with van der Waals surface area (Å²) in [5.74, 6) is 1.21. The number of hydrogen-bond acceptors (Lipinski definition) is 7. The van der Waals surface area contributed by atoms with Gasteiger partial charge in [-0.05, 0) is 24.1 Å². The van der Waals surface area contributed by atoms with Gasteiger partial charge in [0.15, 0.2) is 11.5 Å². The minimum absolute atomic E-state index is 0.108. The molecule has 180 valence electrons. The van der Waals surface area contributed by atoms with Gasteiger partial charge in [-0.3, -0.25) is 9.59 Å². The summed E-state index contributed by atoms with van der Waals surface area (Å²) in [5, 5.41) is 0. The van der Waals surface area contributed by atoms with Gasteiger partial charge in [0.05, 0.1) is 45.9 Å². The second-order valence-electron chi connectivity index (χ2n) is 8.27. The summed E-state index contributed by atoms with van der Waals surface area (Å²) >= 11 is 0. The molecule has 1 aliphatic heterocycles. The van der Waals surface area contributed by atoms with Crippen LogP contribution in [0.4, 0.5) is 0 Å². The maximum absolute atomic E-state index is 13.5. The summed E-state index contributed by atoms with van der Waals surface area (Å²) in [7, 11) is 4.54. The third-order valence-electron chi connectivity index (χ3n) is 5.40. The second-order valence-corrected chi connectivity index (χ2v) is 8.27. The Hall–Kier alpha value is -3.20. The van der Waals surface area contributed by atoms with E-state index in [0.717, 1.165) is 0 Å². The molecule has 33 heavy (non-hydrogen) atoms. The number of carbonyl (C=O) groups is 2. The molecular formula is C24H32N2O7. The number of benzene rings is 1. The summed E-state index contributed by atoms with van der Waals surface area (Å²) in [6.07, 6.45) is 2.61. The largest absolute Gasteiger partial charge is 0.493 e. The van der Waals surface area contributed by atoms with Crippen molar-refractivity contribution in [2.45, 2.75) is 20.0 Å². The fourth-order valence-corrected chi connectivity index (χ4v) is 3.90. The topological polar surface area (TPSA) is 90.7 Å². The summed E-state index contributed by atoms with van der Waals surface area (Å²) in [6.45, 7) is 6.26. The van der Waals surface area contributed by atoms with Crippen molar-refractivity contribution in [2.75, 3.05) is 54.1 Å². The van der Waals surface area contributed by atoms with Crippen molar-refractivity contribution in [1.29, 1.82) is 0 Å². The molecule has 0 N–H and O–H groups in total. The number of amides is 2. The van der Waals surface area contributed by atoms with Crippen LogP contribution < -0.4 is 14.2 Å². The van der Waals surface area contributed by atoms with Crippen LogP contribution in [0.1, 0.15) is 34.6 Å². The first kappa shape index (κ1) is 24.4. The van der Waals surface area contributed by atoms with Crippen molar-refractivity contribution in [1.82, 2.24) is 9.80 Å². The molecule has 3 rings (SSSR count). The van der Waals surface area contributed by atoms with Gasteiger partial charge in [-0.2, -0.15) is 0 Å². The monoisotopic (exact) mass is 460 g/mol. The average molecular weight is 461 g/mol. The van der Waals surface area contributed by atoms with Crippen molar-refractivity contribution in [3.05, 3.63) is 41.9 Å². The molecule has 9 nitrogen and oxygen atoms in total. The maximum Gasteiger partial charge on any atom is 0.257 e. The molecule has 1 atom stereocenters. The number of morpholine rings is 1. The lowest BCUT2D eigenvalue weighted by molar-refractivity contribution is -0.0340. The van der Waals surface area contributed by atoms with Crippen molar-refractivity contribution in [3.63, 3.8) is 0 Å². The van der Waals surface area contributed by atoms with Gasteiger partial charge in [0.25, 0.3) is 11.8 Å². The number of furan rings is 1. The molecule has 2 aromatic rings. The standard InChI is InChI=1S/C24H32N2O7/c1-16(2)12-26(24(28)18-10-20(29-3)22(31-5)21(11-18)30-4)14-19-13-25(7-9-33-19)23(27)17-6-8-32-15-17/h6,8,10-11,15-16,19H,7,9,12-14H2,1-5H3/t19-/m1/s1. The van der Waals surface area contributed by atoms with Crippen LogP contribution in [0.2, 0.25) is 0 Å². The lowest BCUT2D eigenvalue weighted by atomic mass is 10.1. The Morgan fingerprint density at radius 1 is 1.12 bits per heavy atom. The van der Waals surface area contributed by atoms with Crippen LogP contribution in [0.15, 0.2) is 35.1 Å². The number of carbonyl (C=O) groups excluding carboxylic acids is 2. The number of rotatable bonds is 9. The molecule has 1 aromatic carbocycles. The third-order valence-corrected chi connectivity index (χ3v) is 5.40. The van der Waals surface area contributed by atoms with Gasteiger partial charge < -0.3 is 33.2 Å². The Kier molecular flexibility index (Phi) is 8.21. The van der Waals surface area contributed by atoms with Gasteiger partial charge >= 0.3 is 0 Å². The molecule has 2 amide bonds. The van der Waals surface area contributed by atoms with Crippen molar-refractivity contribution in [3.8, 4) is 17.2 Å². The molecule has 1 aromatic heterocycles. The van der Waals surface area contributed by atoms with Crippen LogP contribution in [0.25, 0.3) is 0 Å². The third kappa shape index (κ3) is 5.78. The van der Waals surface area contributed by atoms with Crippen molar-refractivity contribution >= 4 is 11.8 Å². The first-order valence-corrected chi connectivity index (χ1v) is 10.9. The molecule has 0 aliphatic carbocycles. The number of ether oxygens (including phenoxy) is 4. The van der Waals surface area contributed by atoms with Crippen LogP contribution in [0.5, 0.6) is 17.2 Å². The van der Waals surface area contributed by atoms with Crippen LogP contribution in [-0.2, 0) is 4.74 Å². The first-order chi connectivity index (χ1) is 15.9. The molecule has 0 bridgehead atoms. The van der Waals surface area contributed by atoms with E-state index in [1.165, 1.54) is 33.9 Å². The first-order valence-electron chi connectivity index (χ1n) is 10.9. The van der Waals surface area contributed by atoms with Crippen LogP contribution >= 0.6 is 0 Å². The quantitative estimate of drug-likeness (QED) is 0.568. The molecule has 0 radical (unpaired) electrons. The Labute approximate surface area is 194 Å². The smallest absolute Gasteiger partial charge is 0.257 e. The molecule has 0 spiro atoms. The number of hydrogen-bond donors (Lipinski definition) is 0. The van der Waals surface area contributed by atoms with Gasteiger partial charge in [-0.25, -0.2) is 0 Å². The Morgan fingerprint density at radius 2 is 1.82 bits per heavy atom. The number of methoxy groups -OCH3 is 3. The van der Waals surface area contributed by atoms with Crippen molar-refractivity contribution in [2.24, 2.45) is 5.92 Å². The fourth-order valence-electron chi connectivity index (χ4n) is 3.90. The number of nitrogens with zero attached hydrogens (tertiary/aromatic N) is 2. The van der Waals surface area contributed by atoms with E-state index < -0.39 is 0 Å². The van der Waals surface area contributed by atoms with E-state index in [1.54, 1.807) is 28.0 Å². The Morgan fingerprint density at radius 3 is 2.36 bits per heavy atom. The van der Waals surface area contributed by atoms with Crippen LogP contribution in [0, 0.1) is 5.92 Å². The molecular weight excluding hydrogens is 428 g/mol. The van der Waals surface area contributed by atoms with Crippen LogP contribution in [-0.4, -0.2) is 81.8 Å². The maximum atomic E-state index is 13.5. The average Bonchev–Trinajstić information content (AvgIpc) is 3.36. The van der Waals surface area contributed by atoms with E-state index in [0.29, 0.717) is 61.2 Å². The lowest BCUT2D eigenvalue weighted by Gasteiger charge is -2.36. The molecule has 0 saturated carbocycles.